The second-order valence-electron chi connectivity index (χ2n) is 6.42. The van der Waals surface area contributed by atoms with Crippen molar-refractivity contribution in [3.05, 3.63) is 59.4 Å². The SMILES string of the molecule is COC(=O)[C@H]1Cc2cn(C(=O)OCc3ccccc3)cc2C[C@H]1C(=O)OC. The van der Waals surface area contributed by atoms with E-state index in [2.05, 4.69) is 0 Å². The van der Waals surface area contributed by atoms with Gasteiger partial charge in [0.05, 0.1) is 26.1 Å². The van der Waals surface area contributed by atoms with Crippen LogP contribution < -0.4 is 0 Å². The van der Waals surface area contributed by atoms with Crippen molar-refractivity contribution in [2.24, 2.45) is 11.8 Å². The van der Waals surface area contributed by atoms with E-state index < -0.39 is 29.9 Å². The van der Waals surface area contributed by atoms with E-state index >= 15 is 0 Å². The minimum absolute atomic E-state index is 0.165. The van der Waals surface area contributed by atoms with Gasteiger partial charge in [0.15, 0.2) is 0 Å². The van der Waals surface area contributed by atoms with Crippen LogP contribution in [0.2, 0.25) is 0 Å². The molecule has 3 rings (SSSR count). The van der Waals surface area contributed by atoms with Crippen LogP contribution in [0.3, 0.4) is 0 Å². The van der Waals surface area contributed by atoms with Gasteiger partial charge in [-0.3, -0.25) is 14.2 Å². The molecule has 7 heteroatoms. The third-order valence-electron chi connectivity index (χ3n) is 4.79. The molecule has 1 aromatic heterocycles. The van der Waals surface area contributed by atoms with E-state index in [-0.39, 0.29) is 6.61 Å². The van der Waals surface area contributed by atoms with Crippen LogP contribution >= 0.6 is 0 Å². The smallest absolute Gasteiger partial charge is 0.418 e. The fraction of sp³-hybridized carbons (Fsp3) is 0.350. The van der Waals surface area contributed by atoms with Crippen LogP contribution in [0.1, 0.15) is 16.7 Å². The van der Waals surface area contributed by atoms with Crippen molar-refractivity contribution in [3.8, 4) is 0 Å². The number of nitrogens with zero attached hydrogens (tertiary/aromatic N) is 1. The Morgan fingerprint density at radius 3 is 1.93 bits per heavy atom. The first-order chi connectivity index (χ1) is 13.0. The molecule has 27 heavy (non-hydrogen) atoms. The van der Waals surface area contributed by atoms with E-state index in [0.29, 0.717) is 12.8 Å². The van der Waals surface area contributed by atoms with Gasteiger partial charge in [-0.15, -0.1) is 0 Å². The number of fused-ring (bicyclic) bond motifs is 1. The number of esters is 2. The molecule has 0 spiro atoms. The van der Waals surface area contributed by atoms with Crippen LogP contribution in [0.25, 0.3) is 0 Å². The molecule has 1 heterocycles. The lowest BCUT2D eigenvalue weighted by Gasteiger charge is -2.27. The average Bonchev–Trinajstić information content (AvgIpc) is 3.13. The minimum atomic E-state index is -0.633. The summed E-state index contributed by atoms with van der Waals surface area (Å²) in [4.78, 5) is 36.5. The molecule has 0 saturated heterocycles. The molecule has 0 bridgehead atoms. The van der Waals surface area contributed by atoms with Crippen LogP contribution in [-0.2, 0) is 43.2 Å². The van der Waals surface area contributed by atoms with Gasteiger partial charge in [0.2, 0.25) is 0 Å². The Hall–Kier alpha value is -3.09. The first-order valence-electron chi connectivity index (χ1n) is 8.60. The van der Waals surface area contributed by atoms with Gasteiger partial charge in [-0.1, -0.05) is 30.3 Å². The van der Waals surface area contributed by atoms with Crippen molar-refractivity contribution < 1.29 is 28.6 Å². The molecule has 7 nitrogen and oxygen atoms in total. The third kappa shape index (κ3) is 4.02. The van der Waals surface area contributed by atoms with Crippen LogP contribution in [0.4, 0.5) is 4.79 Å². The van der Waals surface area contributed by atoms with Gasteiger partial charge in [-0.05, 0) is 29.5 Å². The molecule has 0 saturated carbocycles. The highest BCUT2D eigenvalue weighted by atomic mass is 16.5. The lowest BCUT2D eigenvalue weighted by Crippen LogP contribution is -2.37. The standard InChI is InChI=1S/C20H21NO6/c1-25-18(22)16-8-14-10-21(11-15(14)9-17(16)19(23)26-2)20(24)27-12-13-6-4-3-5-7-13/h3-7,10-11,16-17H,8-9,12H2,1-2H3/t16-,17+. The van der Waals surface area contributed by atoms with Gasteiger partial charge in [-0.25, -0.2) is 4.79 Å². The van der Waals surface area contributed by atoms with E-state index in [1.165, 1.54) is 18.8 Å². The lowest BCUT2D eigenvalue weighted by molar-refractivity contribution is -0.158. The second kappa shape index (κ2) is 8.07. The van der Waals surface area contributed by atoms with Crippen LogP contribution in [0.5, 0.6) is 0 Å². The predicted molar refractivity (Wildman–Crippen MR) is 94.9 cm³/mol. The molecule has 1 aliphatic rings. The summed E-state index contributed by atoms with van der Waals surface area (Å²) in [7, 11) is 2.58. The molecule has 0 amide bonds. The highest BCUT2D eigenvalue weighted by Crippen LogP contribution is 2.32. The van der Waals surface area contributed by atoms with Gasteiger partial charge in [0.25, 0.3) is 0 Å². The number of hydrogen-bond donors (Lipinski definition) is 0. The Bertz CT molecular complexity index is 800. The fourth-order valence-electron chi connectivity index (χ4n) is 3.36. The summed E-state index contributed by atoms with van der Waals surface area (Å²) in [6.07, 6.45) is 3.39. The van der Waals surface area contributed by atoms with Crippen molar-refractivity contribution in [3.63, 3.8) is 0 Å². The summed E-state index contributed by atoms with van der Waals surface area (Å²) < 4.78 is 16.3. The summed E-state index contributed by atoms with van der Waals surface area (Å²) in [5.41, 5.74) is 2.53. The molecule has 0 unspecified atom stereocenters. The van der Waals surface area contributed by atoms with Gasteiger partial charge in [0.1, 0.15) is 6.61 Å². The van der Waals surface area contributed by atoms with E-state index in [1.807, 2.05) is 30.3 Å². The van der Waals surface area contributed by atoms with E-state index in [9.17, 15) is 14.4 Å². The lowest BCUT2D eigenvalue weighted by atomic mass is 9.77. The number of ether oxygens (including phenoxy) is 3. The van der Waals surface area contributed by atoms with Gasteiger partial charge >= 0.3 is 18.0 Å². The van der Waals surface area contributed by atoms with E-state index in [4.69, 9.17) is 14.2 Å². The first kappa shape index (κ1) is 18.7. The maximum atomic E-state index is 12.3. The molecule has 0 N–H and O–H groups in total. The number of methoxy groups -OCH3 is 2. The normalized spacial score (nSPS) is 18.3. The molecule has 1 aromatic carbocycles. The van der Waals surface area contributed by atoms with Crippen molar-refractivity contribution in [1.29, 1.82) is 0 Å². The van der Waals surface area contributed by atoms with E-state index in [0.717, 1.165) is 16.7 Å². The summed E-state index contributed by atoms with van der Waals surface area (Å²) >= 11 is 0. The Morgan fingerprint density at radius 2 is 1.44 bits per heavy atom. The number of aromatic nitrogens is 1. The maximum absolute atomic E-state index is 12.3. The van der Waals surface area contributed by atoms with Crippen LogP contribution in [-0.4, -0.2) is 36.8 Å². The number of carbonyl (C=O) groups is 3. The van der Waals surface area contributed by atoms with Crippen molar-refractivity contribution in [2.75, 3.05) is 14.2 Å². The molecule has 0 fully saturated rings. The summed E-state index contributed by atoms with van der Waals surface area (Å²) in [6, 6.07) is 9.38. The predicted octanol–water partition coefficient (Wildman–Crippen LogP) is 2.35. The monoisotopic (exact) mass is 371 g/mol. The topological polar surface area (TPSA) is 83.8 Å². The summed E-state index contributed by atoms with van der Waals surface area (Å²) in [6.45, 7) is 0.165. The average molecular weight is 371 g/mol. The summed E-state index contributed by atoms with van der Waals surface area (Å²) in [5, 5.41) is 0. The number of hydrogen-bond acceptors (Lipinski definition) is 6. The minimum Gasteiger partial charge on any atom is -0.469 e. The molecule has 0 aliphatic heterocycles. The van der Waals surface area contributed by atoms with Gasteiger partial charge in [-0.2, -0.15) is 0 Å². The highest BCUT2D eigenvalue weighted by molar-refractivity contribution is 5.83. The molecule has 0 radical (unpaired) electrons. The van der Waals surface area contributed by atoms with Crippen LogP contribution in [0.15, 0.2) is 42.7 Å². The zero-order chi connectivity index (χ0) is 19.4. The maximum Gasteiger partial charge on any atom is 0.418 e. The Labute approximate surface area is 156 Å². The van der Waals surface area contributed by atoms with Crippen molar-refractivity contribution in [1.82, 2.24) is 4.57 Å². The largest absolute Gasteiger partial charge is 0.469 e. The Kier molecular flexibility index (Phi) is 5.59. The molecular weight excluding hydrogens is 350 g/mol. The highest BCUT2D eigenvalue weighted by Gasteiger charge is 2.40. The molecular formula is C20H21NO6. The second-order valence-corrected chi connectivity index (χ2v) is 6.42. The zero-order valence-corrected chi connectivity index (χ0v) is 15.2. The first-order valence-corrected chi connectivity index (χ1v) is 8.60. The quantitative estimate of drug-likeness (QED) is 0.606. The third-order valence-corrected chi connectivity index (χ3v) is 4.79. The molecule has 142 valence electrons. The Balaban J connectivity index is 1.75. The molecule has 1 aliphatic carbocycles. The number of rotatable bonds is 4. The number of carbonyl (C=O) groups excluding carboxylic acids is 3. The molecule has 2 atom stereocenters. The van der Waals surface area contributed by atoms with Crippen molar-refractivity contribution >= 4 is 18.0 Å². The van der Waals surface area contributed by atoms with E-state index in [1.54, 1.807) is 12.4 Å². The zero-order valence-electron chi connectivity index (χ0n) is 15.2. The fourth-order valence-corrected chi connectivity index (χ4v) is 3.36. The summed E-state index contributed by atoms with van der Waals surface area (Å²) in [5.74, 6) is -2.19. The van der Waals surface area contributed by atoms with Gasteiger partial charge in [0, 0.05) is 12.4 Å². The molecule has 2 aromatic rings. The number of benzene rings is 1. The van der Waals surface area contributed by atoms with Crippen molar-refractivity contribution in [2.45, 2.75) is 19.4 Å². The van der Waals surface area contributed by atoms with Crippen LogP contribution in [0, 0.1) is 11.8 Å². The Morgan fingerprint density at radius 1 is 0.926 bits per heavy atom. The van der Waals surface area contributed by atoms with Gasteiger partial charge < -0.3 is 14.2 Å².